The van der Waals surface area contributed by atoms with Crippen LogP contribution in [-0.4, -0.2) is 30.1 Å². The minimum Gasteiger partial charge on any atom is -0.469 e. The summed E-state index contributed by atoms with van der Waals surface area (Å²) >= 11 is 0. The van der Waals surface area contributed by atoms with Crippen LogP contribution in [0, 0.1) is 25.6 Å². The summed E-state index contributed by atoms with van der Waals surface area (Å²) in [5.41, 5.74) is 3.29. The molecule has 0 radical (unpaired) electrons. The van der Waals surface area contributed by atoms with E-state index < -0.39 is 23.5 Å². The largest absolute Gasteiger partial charge is 0.469 e. The number of benzene rings is 3. The van der Waals surface area contributed by atoms with Crippen molar-refractivity contribution < 1.29 is 31.9 Å². The summed E-state index contributed by atoms with van der Waals surface area (Å²) < 4.78 is 62.0. The number of ether oxygens (including phenoxy) is 1. The highest BCUT2D eigenvalue weighted by atomic mass is 19.4. The lowest BCUT2D eigenvalue weighted by Gasteiger charge is -2.24. The Hall–Kier alpha value is -4.14. The first-order chi connectivity index (χ1) is 19.8. The van der Waals surface area contributed by atoms with Crippen molar-refractivity contribution in [2.75, 3.05) is 13.7 Å². The molecule has 0 saturated heterocycles. The number of carbonyl (C=O) groups is 2. The van der Waals surface area contributed by atoms with Gasteiger partial charge in [-0.25, -0.2) is 4.39 Å². The maximum Gasteiger partial charge on any atom is 0.416 e. The first kappa shape index (κ1) is 33.4. The molecule has 1 N–H and O–H groups in total. The quantitative estimate of drug-likeness (QED) is 0.155. The Morgan fingerprint density at radius 3 is 2.23 bits per heavy atom. The van der Waals surface area contributed by atoms with Gasteiger partial charge in [-0.2, -0.15) is 13.2 Å². The molecule has 3 aromatic carbocycles. The Morgan fingerprint density at radius 2 is 1.65 bits per heavy atom. The van der Waals surface area contributed by atoms with E-state index in [0.29, 0.717) is 39.6 Å². The number of methoxy groups -OCH3 is 1. The van der Waals surface area contributed by atoms with Crippen molar-refractivity contribution in [2.24, 2.45) is 5.92 Å². The van der Waals surface area contributed by atoms with E-state index in [1.807, 2.05) is 35.9 Å². The van der Waals surface area contributed by atoms with Crippen molar-refractivity contribution in [1.82, 2.24) is 9.88 Å². The zero-order valence-corrected chi connectivity index (χ0v) is 24.2. The van der Waals surface area contributed by atoms with E-state index in [0.717, 1.165) is 23.3 Å². The molecule has 5 nitrogen and oxygen atoms in total. The molecule has 9 heteroatoms. The van der Waals surface area contributed by atoms with Gasteiger partial charge in [0, 0.05) is 23.7 Å². The monoisotopic (exact) mass is 598 g/mol. The number of alkyl halides is 3. The lowest BCUT2D eigenvalue weighted by molar-refractivity contribution is -0.140. The van der Waals surface area contributed by atoms with Crippen LogP contribution < -0.4 is 5.32 Å². The third-order valence-corrected chi connectivity index (χ3v) is 7.49. The fraction of sp³-hybridized carbons (Fsp3) is 0.353. The second kappa shape index (κ2) is 13.4. The first-order valence-corrected chi connectivity index (χ1v) is 13.7. The maximum atomic E-state index is 15.9. The van der Waals surface area contributed by atoms with E-state index in [1.165, 1.54) is 19.2 Å². The molecule has 0 saturated carbocycles. The fourth-order valence-corrected chi connectivity index (χ4v) is 5.33. The number of esters is 1. The molecule has 4 aromatic rings. The molecule has 43 heavy (non-hydrogen) atoms. The van der Waals surface area contributed by atoms with Gasteiger partial charge in [0.15, 0.2) is 0 Å². The van der Waals surface area contributed by atoms with Gasteiger partial charge in [-0.05, 0) is 90.4 Å². The van der Waals surface area contributed by atoms with E-state index in [9.17, 15) is 22.8 Å². The van der Waals surface area contributed by atoms with Crippen molar-refractivity contribution in [3.8, 4) is 11.1 Å². The highest BCUT2D eigenvalue weighted by Gasteiger charge is 2.31. The van der Waals surface area contributed by atoms with Crippen molar-refractivity contribution >= 4 is 22.8 Å². The summed E-state index contributed by atoms with van der Waals surface area (Å²) in [6.45, 7) is 7.76. The van der Waals surface area contributed by atoms with Crippen LogP contribution in [0.25, 0.3) is 22.0 Å². The minimum absolute atomic E-state index is 0. The second-order valence-corrected chi connectivity index (χ2v) is 10.9. The van der Waals surface area contributed by atoms with Crippen molar-refractivity contribution in [3.63, 3.8) is 0 Å². The normalized spacial score (nSPS) is 12.2. The first-order valence-electron chi connectivity index (χ1n) is 13.7. The van der Waals surface area contributed by atoms with Gasteiger partial charge in [-0.1, -0.05) is 39.5 Å². The number of aromatic nitrogens is 1. The van der Waals surface area contributed by atoms with Crippen LogP contribution in [0.4, 0.5) is 17.6 Å². The average Bonchev–Trinajstić information content (AvgIpc) is 3.39. The molecule has 4 rings (SSSR count). The van der Waals surface area contributed by atoms with Gasteiger partial charge < -0.3 is 14.6 Å². The number of rotatable bonds is 9. The van der Waals surface area contributed by atoms with Crippen molar-refractivity contribution in [2.45, 2.75) is 60.2 Å². The van der Waals surface area contributed by atoms with Crippen molar-refractivity contribution in [1.29, 1.82) is 0 Å². The van der Waals surface area contributed by atoms with E-state index in [2.05, 4.69) is 23.9 Å². The van der Waals surface area contributed by atoms with E-state index in [4.69, 9.17) is 0 Å². The van der Waals surface area contributed by atoms with Crippen LogP contribution in [0.2, 0.25) is 0 Å². The van der Waals surface area contributed by atoms with Crippen LogP contribution >= 0.6 is 0 Å². The topological polar surface area (TPSA) is 60.3 Å². The van der Waals surface area contributed by atoms with E-state index in [-0.39, 0.29) is 38.3 Å². The molecule has 0 fully saturated rings. The number of fused-ring (bicyclic) bond motifs is 1. The molecule has 1 atom stereocenters. The number of halogens is 4. The van der Waals surface area contributed by atoms with E-state index in [1.54, 1.807) is 19.1 Å². The molecule has 0 bridgehead atoms. The Bertz CT molecular complexity index is 1600. The van der Waals surface area contributed by atoms with Gasteiger partial charge in [0.25, 0.3) is 5.91 Å². The van der Waals surface area contributed by atoms with Gasteiger partial charge in [0.05, 0.1) is 30.7 Å². The van der Waals surface area contributed by atoms with Gasteiger partial charge >= 0.3 is 12.1 Å². The molecule has 0 spiro atoms. The van der Waals surface area contributed by atoms with Crippen LogP contribution in [-0.2, 0) is 15.7 Å². The van der Waals surface area contributed by atoms with Crippen LogP contribution in [0.5, 0.6) is 0 Å². The number of amides is 1. The molecular weight excluding hydrogens is 560 g/mol. The number of nitrogens with zero attached hydrogens (tertiary/aromatic N) is 1. The maximum absolute atomic E-state index is 15.9. The molecule has 230 valence electrons. The third-order valence-electron chi connectivity index (χ3n) is 7.49. The molecular formula is C34H38F4N2O3. The van der Waals surface area contributed by atoms with Crippen LogP contribution in [0.3, 0.4) is 0 Å². The van der Waals surface area contributed by atoms with E-state index >= 15 is 4.39 Å². The Kier molecular flexibility index (Phi) is 10.4. The Labute approximate surface area is 249 Å². The predicted octanol–water partition coefficient (Wildman–Crippen LogP) is 8.65. The highest BCUT2D eigenvalue weighted by Crippen LogP contribution is 2.39. The third kappa shape index (κ3) is 7.27. The molecule has 1 amide bonds. The van der Waals surface area contributed by atoms with Gasteiger partial charge in [-0.15, -0.1) is 0 Å². The SMILES string of the molecule is C.COC(=O)CCNC(=O)c1ccc(C(CC(C)C)n2ccc3c(C)c(-c4ccc(C(F)(F)F)cc4C)cc(F)c32)cc1. The number of aryl methyl sites for hydroxylation is 2. The number of hydrogen-bond donors (Lipinski definition) is 1. The van der Waals surface area contributed by atoms with Gasteiger partial charge in [0.1, 0.15) is 5.82 Å². The Morgan fingerprint density at radius 1 is 0.977 bits per heavy atom. The second-order valence-electron chi connectivity index (χ2n) is 10.9. The Balaban J connectivity index is 0.00000506. The lowest BCUT2D eigenvalue weighted by atomic mass is 9.92. The van der Waals surface area contributed by atoms with Crippen LogP contribution in [0.15, 0.2) is 60.8 Å². The van der Waals surface area contributed by atoms with Crippen molar-refractivity contribution in [3.05, 3.63) is 94.4 Å². The summed E-state index contributed by atoms with van der Waals surface area (Å²) in [7, 11) is 1.29. The minimum atomic E-state index is -4.46. The van der Waals surface area contributed by atoms with Crippen LogP contribution in [0.1, 0.15) is 72.8 Å². The zero-order valence-electron chi connectivity index (χ0n) is 24.2. The zero-order chi connectivity index (χ0) is 30.8. The molecule has 1 aromatic heterocycles. The molecule has 0 aliphatic carbocycles. The molecule has 0 aliphatic heterocycles. The number of hydrogen-bond acceptors (Lipinski definition) is 3. The molecule has 0 aliphatic rings. The summed E-state index contributed by atoms with van der Waals surface area (Å²) in [6.07, 6.45) is -1.84. The highest BCUT2D eigenvalue weighted by molar-refractivity contribution is 5.94. The average molecular weight is 599 g/mol. The number of nitrogens with one attached hydrogen (secondary N) is 1. The molecule has 1 unspecified atom stereocenters. The number of carbonyl (C=O) groups excluding carboxylic acids is 2. The van der Waals surface area contributed by atoms with Gasteiger partial charge in [-0.3, -0.25) is 9.59 Å². The summed E-state index contributed by atoms with van der Waals surface area (Å²) in [5, 5.41) is 3.37. The predicted molar refractivity (Wildman–Crippen MR) is 162 cm³/mol. The fourth-order valence-electron chi connectivity index (χ4n) is 5.33. The molecule has 1 heterocycles. The summed E-state index contributed by atoms with van der Waals surface area (Å²) in [5.74, 6) is -0.924. The lowest BCUT2D eigenvalue weighted by Crippen LogP contribution is -2.26. The van der Waals surface area contributed by atoms with Gasteiger partial charge in [0.2, 0.25) is 0 Å². The summed E-state index contributed by atoms with van der Waals surface area (Å²) in [4.78, 5) is 23.8. The summed E-state index contributed by atoms with van der Waals surface area (Å²) in [6, 6.07) is 13.6. The standard InChI is InChI=1S/C33H34F4N2O3.CH4/c1-19(2)16-29(22-6-8-23(9-7-22)32(41)38-14-12-30(40)42-5)39-15-13-26-21(4)27(18-28(34)31(26)39)25-11-10-24(17-20(25)3)33(35,36)37;/h6-11,13,15,17-19,29H,12,14,16H2,1-5H3,(H,38,41);1H4. The smallest absolute Gasteiger partial charge is 0.416 e.